The number of hydrogen-bond acceptors (Lipinski definition) is 7. The summed E-state index contributed by atoms with van der Waals surface area (Å²) in [5, 5.41) is 23.2. The summed E-state index contributed by atoms with van der Waals surface area (Å²) in [6.45, 7) is 0. The lowest BCUT2D eigenvalue weighted by molar-refractivity contribution is -0.384. The fourth-order valence-electron chi connectivity index (χ4n) is 3.42. The van der Waals surface area contributed by atoms with Gasteiger partial charge in [0.05, 0.1) is 22.5 Å². The van der Waals surface area contributed by atoms with E-state index in [0.717, 1.165) is 22.5 Å². The van der Waals surface area contributed by atoms with Crippen molar-refractivity contribution >= 4 is 40.0 Å². The molecular formula is C25H17ClN6O2S. The third-order valence-corrected chi connectivity index (χ3v) is 6.10. The van der Waals surface area contributed by atoms with Crippen LogP contribution in [0.3, 0.4) is 0 Å². The van der Waals surface area contributed by atoms with Crippen molar-refractivity contribution in [1.82, 2.24) is 14.8 Å². The normalized spacial score (nSPS) is 11.1. The van der Waals surface area contributed by atoms with Crippen LogP contribution in [0.5, 0.6) is 0 Å². The van der Waals surface area contributed by atoms with Crippen LogP contribution in [0, 0.1) is 10.1 Å². The SMILES string of the molecule is O=[N+]([O-])c1cccc(-c2csc(N/N=C/c3cn(-c4ccccc4)nc3-c3ccc(Cl)cc3)n2)c1. The van der Waals surface area contributed by atoms with Crippen molar-refractivity contribution in [2.45, 2.75) is 0 Å². The first kappa shape index (κ1) is 22.5. The van der Waals surface area contributed by atoms with E-state index in [1.165, 1.54) is 23.5 Å². The number of aromatic nitrogens is 3. The van der Waals surface area contributed by atoms with Gasteiger partial charge in [-0.15, -0.1) is 11.3 Å². The summed E-state index contributed by atoms with van der Waals surface area (Å²) in [7, 11) is 0. The molecule has 35 heavy (non-hydrogen) atoms. The minimum atomic E-state index is -0.423. The highest BCUT2D eigenvalue weighted by Gasteiger charge is 2.12. The first-order valence-corrected chi connectivity index (χ1v) is 11.7. The van der Waals surface area contributed by atoms with Crippen LogP contribution in [-0.4, -0.2) is 25.9 Å². The number of rotatable bonds is 7. The smallest absolute Gasteiger partial charge is 0.258 e. The highest BCUT2D eigenvalue weighted by atomic mass is 35.5. The Morgan fingerprint density at radius 3 is 2.60 bits per heavy atom. The number of nitrogens with zero attached hydrogens (tertiary/aromatic N) is 5. The van der Waals surface area contributed by atoms with E-state index in [1.54, 1.807) is 23.0 Å². The van der Waals surface area contributed by atoms with Crippen LogP contribution in [0.4, 0.5) is 10.8 Å². The lowest BCUT2D eigenvalue weighted by Gasteiger charge is -2.00. The molecular weight excluding hydrogens is 484 g/mol. The van der Waals surface area contributed by atoms with Crippen molar-refractivity contribution < 1.29 is 4.92 Å². The average Bonchev–Trinajstić information content (AvgIpc) is 3.53. The Morgan fingerprint density at radius 1 is 1.03 bits per heavy atom. The highest BCUT2D eigenvalue weighted by molar-refractivity contribution is 7.14. The third-order valence-electron chi connectivity index (χ3n) is 5.10. The molecule has 0 saturated carbocycles. The summed E-state index contributed by atoms with van der Waals surface area (Å²) >= 11 is 7.42. The standard InChI is InChI=1S/C25H17ClN6O2S/c26-20-11-9-17(10-12-20)24-19(15-31(30-24)21-6-2-1-3-7-21)14-27-29-25-28-23(16-35-25)18-5-4-8-22(13-18)32(33)34/h1-16H,(H,28,29)/b27-14+. The van der Waals surface area contributed by atoms with Crippen molar-refractivity contribution in [3.8, 4) is 28.2 Å². The number of para-hydroxylation sites is 1. The van der Waals surface area contributed by atoms with Crippen molar-refractivity contribution in [3.63, 3.8) is 0 Å². The molecule has 0 aliphatic carbocycles. The van der Waals surface area contributed by atoms with Crippen molar-refractivity contribution in [1.29, 1.82) is 0 Å². The molecule has 3 aromatic carbocycles. The minimum Gasteiger partial charge on any atom is -0.258 e. The van der Waals surface area contributed by atoms with Crippen LogP contribution in [0.1, 0.15) is 5.56 Å². The van der Waals surface area contributed by atoms with Gasteiger partial charge in [-0.3, -0.25) is 15.5 Å². The summed E-state index contributed by atoms with van der Waals surface area (Å²) in [6.07, 6.45) is 3.59. The van der Waals surface area contributed by atoms with E-state index < -0.39 is 4.92 Å². The molecule has 0 amide bonds. The predicted octanol–water partition coefficient (Wildman–Crippen LogP) is 6.67. The number of nitrogens with one attached hydrogen (secondary N) is 1. The molecule has 10 heteroatoms. The van der Waals surface area contributed by atoms with E-state index in [2.05, 4.69) is 15.5 Å². The number of nitro benzene ring substituents is 1. The Kier molecular flexibility index (Phi) is 6.34. The third kappa shape index (κ3) is 5.11. The molecule has 0 bridgehead atoms. The minimum absolute atomic E-state index is 0.0215. The summed E-state index contributed by atoms with van der Waals surface area (Å²) in [5.74, 6) is 0. The molecule has 5 aromatic rings. The molecule has 1 N–H and O–H groups in total. The van der Waals surface area contributed by atoms with Gasteiger partial charge in [0, 0.05) is 45.4 Å². The molecule has 0 radical (unpaired) electrons. The number of hydrogen-bond donors (Lipinski definition) is 1. The number of thiazole rings is 1. The zero-order valence-electron chi connectivity index (χ0n) is 18.1. The molecule has 5 rings (SSSR count). The zero-order chi connectivity index (χ0) is 24.2. The second-order valence-electron chi connectivity index (χ2n) is 7.44. The molecule has 2 heterocycles. The molecule has 172 valence electrons. The first-order chi connectivity index (χ1) is 17.1. The van der Waals surface area contributed by atoms with E-state index >= 15 is 0 Å². The van der Waals surface area contributed by atoms with Crippen LogP contribution in [0.2, 0.25) is 5.02 Å². The van der Waals surface area contributed by atoms with Crippen molar-refractivity contribution in [2.24, 2.45) is 5.10 Å². The van der Waals surface area contributed by atoms with Crippen LogP contribution < -0.4 is 5.43 Å². The second-order valence-corrected chi connectivity index (χ2v) is 8.73. The summed E-state index contributed by atoms with van der Waals surface area (Å²) in [6, 6.07) is 23.7. The lowest BCUT2D eigenvalue weighted by atomic mass is 10.1. The zero-order valence-corrected chi connectivity index (χ0v) is 19.6. The predicted molar refractivity (Wildman–Crippen MR) is 139 cm³/mol. The van der Waals surface area contributed by atoms with Crippen LogP contribution in [-0.2, 0) is 0 Å². The maximum atomic E-state index is 11.0. The number of benzene rings is 3. The maximum Gasteiger partial charge on any atom is 0.270 e. The Morgan fingerprint density at radius 2 is 1.83 bits per heavy atom. The quantitative estimate of drug-likeness (QED) is 0.153. The lowest BCUT2D eigenvalue weighted by Crippen LogP contribution is -1.93. The van der Waals surface area contributed by atoms with Gasteiger partial charge in [-0.25, -0.2) is 9.67 Å². The molecule has 0 aliphatic heterocycles. The van der Waals surface area contributed by atoms with Gasteiger partial charge in [-0.2, -0.15) is 10.2 Å². The molecule has 0 aliphatic rings. The fraction of sp³-hybridized carbons (Fsp3) is 0. The monoisotopic (exact) mass is 500 g/mol. The molecule has 0 unspecified atom stereocenters. The largest absolute Gasteiger partial charge is 0.270 e. The molecule has 0 fully saturated rings. The molecule has 0 atom stereocenters. The second kappa shape index (κ2) is 9.88. The fourth-order valence-corrected chi connectivity index (χ4v) is 4.21. The number of non-ortho nitro benzene ring substituents is 1. The topological polar surface area (TPSA) is 98.2 Å². The average molecular weight is 501 g/mol. The van der Waals surface area contributed by atoms with Gasteiger partial charge in [0.15, 0.2) is 0 Å². The molecule has 2 aromatic heterocycles. The van der Waals surface area contributed by atoms with Gasteiger partial charge < -0.3 is 0 Å². The van der Waals surface area contributed by atoms with E-state index in [4.69, 9.17) is 16.7 Å². The van der Waals surface area contributed by atoms with Gasteiger partial charge >= 0.3 is 0 Å². The number of anilines is 1. The van der Waals surface area contributed by atoms with Crippen LogP contribution in [0.25, 0.3) is 28.2 Å². The van der Waals surface area contributed by atoms with Crippen molar-refractivity contribution in [3.05, 3.63) is 111 Å². The van der Waals surface area contributed by atoms with E-state index in [9.17, 15) is 10.1 Å². The van der Waals surface area contributed by atoms with E-state index in [-0.39, 0.29) is 5.69 Å². The van der Waals surface area contributed by atoms with Crippen molar-refractivity contribution in [2.75, 3.05) is 5.43 Å². The highest BCUT2D eigenvalue weighted by Crippen LogP contribution is 2.28. The van der Waals surface area contributed by atoms with Crippen LogP contribution >= 0.6 is 22.9 Å². The Hall–Kier alpha value is -4.34. The Labute approximate surface area is 209 Å². The van der Waals surface area contributed by atoms with Gasteiger partial charge in [-0.05, 0) is 24.3 Å². The van der Waals surface area contributed by atoms with Gasteiger partial charge in [0.1, 0.15) is 5.69 Å². The number of hydrazone groups is 1. The van der Waals surface area contributed by atoms with Gasteiger partial charge in [0.2, 0.25) is 5.13 Å². The maximum absolute atomic E-state index is 11.0. The summed E-state index contributed by atoms with van der Waals surface area (Å²) in [5.41, 5.74) is 7.67. The Bertz CT molecular complexity index is 1510. The van der Waals surface area contributed by atoms with Crippen LogP contribution in [0.15, 0.2) is 95.5 Å². The van der Waals surface area contributed by atoms with E-state index in [0.29, 0.717) is 21.4 Å². The molecule has 0 spiro atoms. The molecule has 0 saturated heterocycles. The Balaban J connectivity index is 1.40. The summed E-state index contributed by atoms with van der Waals surface area (Å²) in [4.78, 5) is 15.1. The van der Waals surface area contributed by atoms with Gasteiger partial charge in [0.25, 0.3) is 5.69 Å². The first-order valence-electron chi connectivity index (χ1n) is 10.5. The molecule has 8 nitrogen and oxygen atoms in total. The summed E-state index contributed by atoms with van der Waals surface area (Å²) < 4.78 is 1.80. The number of halogens is 1. The van der Waals surface area contributed by atoms with Gasteiger partial charge in [-0.1, -0.05) is 54.1 Å². The van der Waals surface area contributed by atoms with E-state index in [1.807, 2.05) is 66.2 Å². The number of nitro groups is 1.